The molecule has 0 atom stereocenters. The van der Waals surface area contributed by atoms with Crippen LogP contribution < -0.4 is 5.32 Å². The molecule has 0 saturated heterocycles. The predicted octanol–water partition coefficient (Wildman–Crippen LogP) is 0.147. The van der Waals surface area contributed by atoms with E-state index in [-0.39, 0.29) is 32.0 Å². The van der Waals surface area contributed by atoms with Gasteiger partial charge in [0.15, 0.2) is 0 Å². The van der Waals surface area contributed by atoms with Crippen molar-refractivity contribution < 1.29 is 14.7 Å². The minimum absolute atomic E-state index is 0.102. The average molecular weight is 274 g/mol. The molecular formula is C15H18N2O3. The fourth-order valence-electron chi connectivity index (χ4n) is 1.68. The smallest absolute Gasteiger partial charge is 0.232 e. The van der Waals surface area contributed by atoms with E-state index in [1.165, 1.54) is 4.90 Å². The lowest BCUT2D eigenvalue weighted by Crippen LogP contribution is -2.37. The van der Waals surface area contributed by atoms with Crippen molar-refractivity contribution >= 4 is 11.8 Å². The molecule has 0 fully saturated rings. The molecule has 0 aliphatic carbocycles. The number of amides is 2. The van der Waals surface area contributed by atoms with Gasteiger partial charge in [0, 0.05) is 13.1 Å². The zero-order valence-corrected chi connectivity index (χ0v) is 11.2. The minimum atomic E-state index is -0.413. The molecule has 0 aromatic heterocycles. The van der Waals surface area contributed by atoms with Gasteiger partial charge < -0.3 is 15.3 Å². The Labute approximate surface area is 118 Å². The van der Waals surface area contributed by atoms with Crippen LogP contribution in [0.15, 0.2) is 30.3 Å². The maximum absolute atomic E-state index is 12.0. The predicted molar refractivity (Wildman–Crippen MR) is 75.4 cm³/mol. The number of terminal acetylenes is 1. The summed E-state index contributed by atoms with van der Waals surface area (Å²) in [7, 11) is 0. The van der Waals surface area contributed by atoms with Crippen molar-refractivity contribution in [2.45, 2.75) is 13.0 Å². The van der Waals surface area contributed by atoms with E-state index in [4.69, 9.17) is 11.5 Å². The summed E-state index contributed by atoms with van der Waals surface area (Å²) >= 11 is 0. The van der Waals surface area contributed by atoms with E-state index in [1.807, 2.05) is 30.3 Å². The number of hydrogen-bond donors (Lipinski definition) is 2. The molecule has 0 radical (unpaired) electrons. The Morgan fingerprint density at radius 3 is 2.60 bits per heavy atom. The first kappa shape index (κ1) is 15.7. The third-order valence-corrected chi connectivity index (χ3v) is 2.64. The number of nitrogens with zero attached hydrogens (tertiary/aromatic N) is 1. The van der Waals surface area contributed by atoms with Crippen LogP contribution in [0.1, 0.15) is 12.0 Å². The normalized spacial score (nSPS) is 9.60. The summed E-state index contributed by atoms with van der Waals surface area (Å²) in [6, 6.07) is 9.40. The summed E-state index contributed by atoms with van der Waals surface area (Å²) < 4.78 is 0. The molecule has 0 spiro atoms. The number of rotatable bonds is 7. The first-order chi connectivity index (χ1) is 9.67. The first-order valence-corrected chi connectivity index (χ1v) is 6.30. The molecule has 0 heterocycles. The Kier molecular flexibility index (Phi) is 6.87. The number of hydrogen-bond acceptors (Lipinski definition) is 3. The summed E-state index contributed by atoms with van der Waals surface area (Å²) in [6.07, 6.45) is 4.75. The lowest BCUT2D eigenvalue weighted by Gasteiger charge is -2.21. The van der Waals surface area contributed by atoms with Crippen LogP contribution in [0.2, 0.25) is 0 Å². The lowest BCUT2D eigenvalue weighted by molar-refractivity contribution is -0.136. The zero-order valence-electron chi connectivity index (χ0n) is 11.2. The molecule has 0 bridgehead atoms. The number of aliphatic hydroxyl groups is 1. The van der Waals surface area contributed by atoms with Crippen LogP contribution in [-0.2, 0) is 16.1 Å². The van der Waals surface area contributed by atoms with Crippen molar-refractivity contribution in [3.63, 3.8) is 0 Å². The Morgan fingerprint density at radius 1 is 1.30 bits per heavy atom. The first-order valence-electron chi connectivity index (χ1n) is 6.30. The van der Waals surface area contributed by atoms with E-state index in [0.717, 1.165) is 5.56 Å². The minimum Gasteiger partial charge on any atom is -0.395 e. The molecule has 0 aliphatic rings. The quantitative estimate of drug-likeness (QED) is 0.549. The van der Waals surface area contributed by atoms with Crippen LogP contribution >= 0.6 is 0 Å². The number of benzene rings is 1. The zero-order chi connectivity index (χ0) is 14.8. The van der Waals surface area contributed by atoms with Crippen LogP contribution in [0.25, 0.3) is 0 Å². The fraction of sp³-hybridized carbons (Fsp3) is 0.333. The van der Waals surface area contributed by atoms with Crippen LogP contribution in [0, 0.1) is 12.3 Å². The molecular weight excluding hydrogens is 256 g/mol. The Hall–Kier alpha value is -2.32. The van der Waals surface area contributed by atoms with Crippen LogP contribution in [0.5, 0.6) is 0 Å². The molecule has 1 rings (SSSR count). The molecule has 0 aliphatic heterocycles. The Balaban J connectivity index is 2.59. The Bertz CT molecular complexity index is 480. The van der Waals surface area contributed by atoms with Gasteiger partial charge in [-0.05, 0) is 5.56 Å². The molecule has 1 aromatic carbocycles. The van der Waals surface area contributed by atoms with Gasteiger partial charge in [-0.25, -0.2) is 0 Å². The lowest BCUT2D eigenvalue weighted by atomic mass is 10.2. The van der Waals surface area contributed by atoms with Gasteiger partial charge in [0.1, 0.15) is 6.42 Å². The van der Waals surface area contributed by atoms with Gasteiger partial charge in [-0.3, -0.25) is 9.59 Å². The fourth-order valence-corrected chi connectivity index (χ4v) is 1.68. The molecule has 0 saturated carbocycles. The summed E-state index contributed by atoms with van der Waals surface area (Å²) in [6.45, 7) is 0.508. The number of carbonyl (C=O) groups excluding carboxylic acids is 2. The molecule has 0 unspecified atom stereocenters. The van der Waals surface area contributed by atoms with Crippen molar-refractivity contribution in [3.8, 4) is 12.3 Å². The third-order valence-electron chi connectivity index (χ3n) is 2.64. The molecule has 106 valence electrons. The van der Waals surface area contributed by atoms with Crippen molar-refractivity contribution in [1.82, 2.24) is 10.2 Å². The monoisotopic (exact) mass is 274 g/mol. The summed E-state index contributed by atoms with van der Waals surface area (Å²) in [4.78, 5) is 24.9. The maximum Gasteiger partial charge on any atom is 0.232 e. The largest absolute Gasteiger partial charge is 0.395 e. The number of nitrogens with one attached hydrogen (secondary N) is 1. The number of carbonyl (C=O) groups is 2. The second kappa shape index (κ2) is 8.73. The molecule has 1 aromatic rings. The summed E-state index contributed by atoms with van der Waals surface area (Å²) in [5.74, 6) is 1.52. The standard InChI is InChI=1S/C15H18N2O3/c1-2-8-16-14(19)11-15(20)17(9-10-18)12-13-6-4-3-5-7-13/h1,3-7,18H,8-12H2,(H,16,19). The van der Waals surface area contributed by atoms with Crippen molar-refractivity contribution in [2.24, 2.45) is 0 Å². The van der Waals surface area contributed by atoms with Crippen LogP contribution in [0.3, 0.4) is 0 Å². The number of aliphatic hydroxyl groups excluding tert-OH is 1. The van der Waals surface area contributed by atoms with Gasteiger partial charge in [0.2, 0.25) is 11.8 Å². The van der Waals surface area contributed by atoms with Crippen molar-refractivity contribution in [2.75, 3.05) is 19.7 Å². The van der Waals surface area contributed by atoms with E-state index in [9.17, 15) is 9.59 Å². The topological polar surface area (TPSA) is 69.6 Å². The Morgan fingerprint density at radius 2 is 2.00 bits per heavy atom. The van der Waals surface area contributed by atoms with Gasteiger partial charge in [-0.15, -0.1) is 6.42 Å². The van der Waals surface area contributed by atoms with Gasteiger partial charge >= 0.3 is 0 Å². The maximum atomic E-state index is 12.0. The van der Waals surface area contributed by atoms with E-state index < -0.39 is 5.91 Å². The molecule has 20 heavy (non-hydrogen) atoms. The summed E-state index contributed by atoms with van der Waals surface area (Å²) in [5.41, 5.74) is 0.943. The molecule has 2 amide bonds. The molecule has 2 N–H and O–H groups in total. The molecule has 5 heteroatoms. The third kappa shape index (κ3) is 5.55. The summed E-state index contributed by atoms with van der Waals surface area (Å²) in [5, 5.41) is 11.5. The van der Waals surface area contributed by atoms with Gasteiger partial charge in [-0.1, -0.05) is 36.3 Å². The van der Waals surface area contributed by atoms with E-state index >= 15 is 0 Å². The average Bonchev–Trinajstić information content (AvgIpc) is 2.45. The molecule has 5 nitrogen and oxygen atoms in total. The van der Waals surface area contributed by atoms with E-state index in [1.54, 1.807) is 0 Å². The van der Waals surface area contributed by atoms with Crippen LogP contribution in [0.4, 0.5) is 0 Å². The van der Waals surface area contributed by atoms with E-state index in [0.29, 0.717) is 6.54 Å². The van der Waals surface area contributed by atoms with Gasteiger partial charge in [0.25, 0.3) is 0 Å². The highest BCUT2D eigenvalue weighted by Gasteiger charge is 2.16. The van der Waals surface area contributed by atoms with E-state index in [2.05, 4.69) is 11.2 Å². The highest BCUT2D eigenvalue weighted by atomic mass is 16.3. The van der Waals surface area contributed by atoms with Crippen LogP contribution in [-0.4, -0.2) is 41.5 Å². The van der Waals surface area contributed by atoms with Gasteiger partial charge in [0.05, 0.1) is 13.2 Å². The highest BCUT2D eigenvalue weighted by Crippen LogP contribution is 2.05. The highest BCUT2D eigenvalue weighted by molar-refractivity contribution is 5.96. The second-order valence-electron chi connectivity index (χ2n) is 4.18. The second-order valence-corrected chi connectivity index (χ2v) is 4.18. The van der Waals surface area contributed by atoms with Crippen molar-refractivity contribution in [3.05, 3.63) is 35.9 Å². The van der Waals surface area contributed by atoms with Crippen molar-refractivity contribution in [1.29, 1.82) is 0 Å². The van der Waals surface area contributed by atoms with Gasteiger partial charge in [-0.2, -0.15) is 0 Å². The SMILES string of the molecule is C#CCNC(=O)CC(=O)N(CCO)Cc1ccccc1.